The van der Waals surface area contributed by atoms with Gasteiger partial charge in [0, 0.05) is 35.3 Å². The maximum Gasteiger partial charge on any atom is 0.224 e. The zero-order valence-corrected chi connectivity index (χ0v) is 17.6. The van der Waals surface area contributed by atoms with Gasteiger partial charge in [-0.3, -0.25) is 9.78 Å². The number of carbonyl (C=O) groups is 1. The quantitative estimate of drug-likeness (QED) is 0.383. The zero-order valence-electron chi connectivity index (χ0n) is 16.8. The van der Waals surface area contributed by atoms with E-state index in [0.717, 1.165) is 11.1 Å². The summed E-state index contributed by atoms with van der Waals surface area (Å²) in [6, 6.07) is 16.5. The average Bonchev–Trinajstić information content (AvgIpc) is 3.25. The summed E-state index contributed by atoms with van der Waals surface area (Å²) in [5, 5.41) is 3.56. The molecule has 2 aromatic carbocycles. The van der Waals surface area contributed by atoms with Crippen molar-refractivity contribution >= 4 is 23.2 Å². The Morgan fingerprint density at radius 2 is 1.97 bits per heavy atom. The molecule has 0 aliphatic rings. The second-order valence-corrected chi connectivity index (χ2v) is 7.38. The minimum absolute atomic E-state index is 0.119. The van der Waals surface area contributed by atoms with E-state index in [9.17, 15) is 4.79 Å². The Bertz CT molecular complexity index is 1170. The Morgan fingerprint density at radius 1 is 1.13 bits per heavy atom. The van der Waals surface area contributed by atoms with Gasteiger partial charge in [-0.2, -0.15) is 0 Å². The molecule has 0 aliphatic heterocycles. The van der Waals surface area contributed by atoms with Crippen molar-refractivity contribution in [3.8, 4) is 22.8 Å². The van der Waals surface area contributed by atoms with Crippen molar-refractivity contribution in [2.75, 3.05) is 5.32 Å². The zero-order chi connectivity index (χ0) is 21.6. The van der Waals surface area contributed by atoms with Gasteiger partial charge in [0.2, 0.25) is 5.91 Å². The van der Waals surface area contributed by atoms with Crippen LogP contribution in [-0.4, -0.2) is 15.9 Å². The average molecular weight is 434 g/mol. The first kappa shape index (κ1) is 20.6. The maximum absolute atomic E-state index is 12.4. The molecule has 0 unspecified atom stereocenters. The third kappa shape index (κ3) is 5.49. The fourth-order valence-electron chi connectivity index (χ4n) is 2.99. The largest absolute Gasteiger partial charge is 0.455 e. The van der Waals surface area contributed by atoms with Crippen LogP contribution in [0.1, 0.15) is 17.9 Å². The standard InChI is InChI=1S/C24H20ClN3O3/c1-16-13-19(8-9-21(16)30-20-3-2-12-26-14-20)28-23(29)10-11-24-27-15-22(31-24)17-4-6-18(25)7-5-17/h2-9,12-15H,10-11H2,1H3,(H,28,29). The Morgan fingerprint density at radius 3 is 2.71 bits per heavy atom. The Balaban J connectivity index is 1.32. The first-order valence-corrected chi connectivity index (χ1v) is 10.1. The van der Waals surface area contributed by atoms with Gasteiger partial charge < -0.3 is 14.5 Å². The van der Waals surface area contributed by atoms with Crippen LogP contribution in [0.5, 0.6) is 11.5 Å². The van der Waals surface area contributed by atoms with E-state index in [2.05, 4.69) is 15.3 Å². The predicted molar refractivity (Wildman–Crippen MR) is 119 cm³/mol. The summed E-state index contributed by atoms with van der Waals surface area (Å²) in [4.78, 5) is 20.6. The SMILES string of the molecule is Cc1cc(NC(=O)CCc2ncc(-c3ccc(Cl)cc3)o2)ccc1Oc1cccnc1. The number of amides is 1. The van der Waals surface area contributed by atoms with Gasteiger partial charge in [-0.05, 0) is 67.1 Å². The van der Waals surface area contributed by atoms with Gasteiger partial charge in [0.15, 0.2) is 11.7 Å². The number of aromatic nitrogens is 2. The molecule has 0 atom stereocenters. The summed E-state index contributed by atoms with van der Waals surface area (Å²) in [5.41, 5.74) is 2.49. The van der Waals surface area contributed by atoms with E-state index in [1.54, 1.807) is 36.8 Å². The van der Waals surface area contributed by atoms with Crippen molar-refractivity contribution in [1.29, 1.82) is 0 Å². The Hall–Kier alpha value is -3.64. The van der Waals surface area contributed by atoms with E-state index in [1.165, 1.54) is 0 Å². The Labute approximate surface area is 184 Å². The number of carbonyl (C=O) groups excluding carboxylic acids is 1. The minimum atomic E-state index is -0.119. The molecule has 0 spiro atoms. The van der Waals surface area contributed by atoms with Crippen LogP contribution in [0.3, 0.4) is 0 Å². The molecule has 0 radical (unpaired) electrons. The van der Waals surface area contributed by atoms with Crippen molar-refractivity contribution in [2.24, 2.45) is 0 Å². The minimum Gasteiger partial charge on any atom is -0.455 e. The lowest BCUT2D eigenvalue weighted by Gasteiger charge is -2.11. The highest BCUT2D eigenvalue weighted by Crippen LogP contribution is 2.27. The van der Waals surface area contributed by atoms with E-state index >= 15 is 0 Å². The topological polar surface area (TPSA) is 77.2 Å². The molecule has 0 aliphatic carbocycles. The highest BCUT2D eigenvalue weighted by Gasteiger charge is 2.10. The number of halogens is 1. The predicted octanol–water partition coefficient (Wildman–Crippen LogP) is 6.06. The first-order chi connectivity index (χ1) is 15.1. The number of nitrogens with zero attached hydrogens (tertiary/aromatic N) is 2. The molecule has 1 amide bonds. The van der Waals surface area contributed by atoms with Crippen LogP contribution < -0.4 is 10.1 Å². The lowest BCUT2D eigenvalue weighted by Crippen LogP contribution is -2.12. The van der Waals surface area contributed by atoms with Crippen molar-refractivity contribution in [3.05, 3.63) is 89.7 Å². The van der Waals surface area contributed by atoms with Crippen molar-refractivity contribution < 1.29 is 13.9 Å². The van der Waals surface area contributed by atoms with Crippen LogP contribution in [-0.2, 0) is 11.2 Å². The van der Waals surface area contributed by atoms with Crippen molar-refractivity contribution in [3.63, 3.8) is 0 Å². The van der Waals surface area contributed by atoms with E-state index in [4.69, 9.17) is 20.8 Å². The lowest BCUT2D eigenvalue weighted by atomic mass is 10.2. The fourth-order valence-corrected chi connectivity index (χ4v) is 3.12. The molecule has 0 saturated heterocycles. The van der Waals surface area contributed by atoms with Crippen LogP contribution in [0.15, 0.2) is 77.6 Å². The van der Waals surface area contributed by atoms with Gasteiger partial charge in [-0.25, -0.2) is 4.98 Å². The van der Waals surface area contributed by atoms with Crippen molar-refractivity contribution in [1.82, 2.24) is 9.97 Å². The summed E-state index contributed by atoms with van der Waals surface area (Å²) in [5.74, 6) is 2.40. The van der Waals surface area contributed by atoms with Gasteiger partial charge >= 0.3 is 0 Å². The molecule has 2 heterocycles. The summed E-state index contributed by atoms with van der Waals surface area (Å²) >= 11 is 5.91. The number of oxazole rings is 1. The summed E-state index contributed by atoms with van der Waals surface area (Å²) in [7, 11) is 0. The highest BCUT2D eigenvalue weighted by molar-refractivity contribution is 6.30. The second kappa shape index (κ2) is 9.45. The lowest BCUT2D eigenvalue weighted by molar-refractivity contribution is -0.116. The smallest absolute Gasteiger partial charge is 0.224 e. The first-order valence-electron chi connectivity index (χ1n) is 9.76. The number of hydrogen-bond donors (Lipinski definition) is 1. The molecule has 0 bridgehead atoms. The van der Waals surface area contributed by atoms with Gasteiger partial charge in [-0.1, -0.05) is 11.6 Å². The third-order valence-corrected chi connectivity index (χ3v) is 4.82. The van der Waals surface area contributed by atoms with Crippen LogP contribution in [0, 0.1) is 6.92 Å². The molecule has 156 valence electrons. The van der Waals surface area contributed by atoms with E-state index in [-0.39, 0.29) is 12.3 Å². The fraction of sp³-hybridized carbons (Fsp3) is 0.125. The molecule has 0 saturated carbocycles. The number of rotatable bonds is 7. The molecular formula is C24H20ClN3O3. The number of nitrogens with one attached hydrogen (secondary N) is 1. The molecular weight excluding hydrogens is 414 g/mol. The number of ether oxygens (including phenoxy) is 1. The van der Waals surface area contributed by atoms with Crippen LogP contribution in [0.2, 0.25) is 5.02 Å². The second-order valence-electron chi connectivity index (χ2n) is 6.94. The Kier molecular flexibility index (Phi) is 6.29. The van der Waals surface area contributed by atoms with Gasteiger partial charge in [0.25, 0.3) is 0 Å². The normalized spacial score (nSPS) is 10.6. The van der Waals surface area contributed by atoms with E-state index in [1.807, 2.05) is 43.3 Å². The van der Waals surface area contributed by atoms with Crippen LogP contribution in [0.25, 0.3) is 11.3 Å². The molecule has 7 heteroatoms. The number of benzene rings is 2. The maximum atomic E-state index is 12.4. The number of aryl methyl sites for hydroxylation is 2. The van der Waals surface area contributed by atoms with E-state index < -0.39 is 0 Å². The number of anilines is 1. The highest BCUT2D eigenvalue weighted by atomic mass is 35.5. The molecule has 6 nitrogen and oxygen atoms in total. The van der Waals surface area contributed by atoms with E-state index in [0.29, 0.717) is 40.3 Å². The molecule has 31 heavy (non-hydrogen) atoms. The summed E-state index contributed by atoms with van der Waals surface area (Å²) in [6.45, 7) is 1.92. The molecule has 4 aromatic rings. The van der Waals surface area contributed by atoms with Crippen LogP contribution in [0.4, 0.5) is 5.69 Å². The molecule has 2 aromatic heterocycles. The molecule has 0 fully saturated rings. The third-order valence-electron chi connectivity index (χ3n) is 4.57. The number of hydrogen-bond acceptors (Lipinski definition) is 5. The summed E-state index contributed by atoms with van der Waals surface area (Å²) < 4.78 is 11.6. The molecule has 4 rings (SSSR count). The van der Waals surface area contributed by atoms with Gasteiger partial charge in [-0.15, -0.1) is 0 Å². The van der Waals surface area contributed by atoms with Gasteiger partial charge in [0.05, 0.1) is 12.4 Å². The van der Waals surface area contributed by atoms with Crippen LogP contribution >= 0.6 is 11.6 Å². The van der Waals surface area contributed by atoms with Crippen molar-refractivity contribution in [2.45, 2.75) is 19.8 Å². The number of pyridine rings is 1. The van der Waals surface area contributed by atoms with Gasteiger partial charge in [0.1, 0.15) is 11.5 Å². The summed E-state index contributed by atoms with van der Waals surface area (Å²) in [6.07, 6.45) is 5.65. The monoisotopic (exact) mass is 433 g/mol. The molecule has 1 N–H and O–H groups in total.